The molecular formula is C25H27F2N3O6S2. The van der Waals surface area contributed by atoms with Crippen molar-refractivity contribution >= 4 is 51.5 Å². The molecule has 0 aromatic heterocycles. The van der Waals surface area contributed by atoms with E-state index in [1.165, 1.54) is 57.1 Å². The molecule has 0 saturated heterocycles. The molecule has 13 heteroatoms. The molecule has 3 amide bonds. The monoisotopic (exact) mass is 567 g/mol. The number of carbonyl (C=O) groups excluding carboxylic acids is 5. The number of phenolic OH excluding ortho intramolecular Hbond substituents is 1. The van der Waals surface area contributed by atoms with Crippen molar-refractivity contribution in [1.82, 2.24) is 15.5 Å². The van der Waals surface area contributed by atoms with Crippen LogP contribution in [0.25, 0.3) is 11.1 Å². The van der Waals surface area contributed by atoms with Gasteiger partial charge in [0.1, 0.15) is 29.5 Å². The van der Waals surface area contributed by atoms with Crippen molar-refractivity contribution in [3.05, 3.63) is 53.6 Å². The van der Waals surface area contributed by atoms with Crippen LogP contribution in [0.2, 0.25) is 0 Å². The Balaban J connectivity index is 2.15. The van der Waals surface area contributed by atoms with E-state index in [9.17, 15) is 37.9 Å². The van der Waals surface area contributed by atoms with Crippen LogP contribution in [0.4, 0.5) is 8.78 Å². The molecule has 0 aliphatic rings. The van der Waals surface area contributed by atoms with Crippen LogP contribution >= 0.6 is 23.5 Å². The molecule has 0 fully saturated rings. The fourth-order valence-corrected chi connectivity index (χ4v) is 5.12. The molecule has 0 aliphatic carbocycles. The van der Waals surface area contributed by atoms with E-state index in [1.807, 2.05) is 0 Å². The maximum Gasteiger partial charge on any atom is 0.245 e. The summed E-state index contributed by atoms with van der Waals surface area (Å²) in [6, 6.07) is 4.67. The number of halogens is 2. The minimum atomic E-state index is -1.13. The van der Waals surface area contributed by atoms with Gasteiger partial charge >= 0.3 is 0 Å². The van der Waals surface area contributed by atoms with Crippen LogP contribution < -0.4 is 10.6 Å². The fraction of sp³-hybridized carbons (Fsp3) is 0.320. The first-order chi connectivity index (χ1) is 17.8. The summed E-state index contributed by atoms with van der Waals surface area (Å²) in [5.74, 6) is -3.71. The van der Waals surface area contributed by atoms with Crippen LogP contribution in [0.15, 0.2) is 36.4 Å². The van der Waals surface area contributed by atoms with Crippen LogP contribution in [0.5, 0.6) is 5.75 Å². The van der Waals surface area contributed by atoms with Gasteiger partial charge in [-0.3, -0.25) is 24.0 Å². The number of carbonyl (C=O) groups is 5. The Morgan fingerprint density at radius 3 is 2.08 bits per heavy atom. The van der Waals surface area contributed by atoms with E-state index >= 15 is 0 Å². The van der Waals surface area contributed by atoms with Crippen LogP contribution in [0, 0.1) is 11.6 Å². The molecular weight excluding hydrogens is 540 g/mol. The molecule has 2 aromatic carbocycles. The summed E-state index contributed by atoms with van der Waals surface area (Å²) in [5, 5.41) is 13.9. The van der Waals surface area contributed by atoms with E-state index in [0.717, 1.165) is 6.07 Å². The van der Waals surface area contributed by atoms with E-state index in [4.69, 9.17) is 0 Å². The van der Waals surface area contributed by atoms with Crippen molar-refractivity contribution in [2.45, 2.75) is 25.9 Å². The van der Waals surface area contributed by atoms with Gasteiger partial charge in [0.05, 0.1) is 5.56 Å². The van der Waals surface area contributed by atoms with Crippen LogP contribution in [0.3, 0.4) is 0 Å². The minimum absolute atomic E-state index is 0.0224. The number of rotatable bonds is 10. The Labute approximate surface area is 226 Å². The molecule has 3 N–H and O–H groups in total. The number of amides is 3. The van der Waals surface area contributed by atoms with Gasteiger partial charge in [-0.2, -0.15) is 0 Å². The zero-order valence-corrected chi connectivity index (χ0v) is 22.7. The maximum atomic E-state index is 14.2. The van der Waals surface area contributed by atoms with Gasteiger partial charge in [-0.05, 0) is 29.8 Å². The van der Waals surface area contributed by atoms with Gasteiger partial charge in [0.2, 0.25) is 28.0 Å². The Morgan fingerprint density at radius 1 is 0.895 bits per heavy atom. The average molecular weight is 568 g/mol. The van der Waals surface area contributed by atoms with Gasteiger partial charge in [-0.25, -0.2) is 8.78 Å². The molecule has 2 aromatic rings. The molecule has 0 unspecified atom stereocenters. The Kier molecular flexibility index (Phi) is 11.3. The van der Waals surface area contributed by atoms with Crippen LogP contribution in [-0.4, -0.2) is 75.6 Å². The average Bonchev–Trinajstić information content (AvgIpc) is 2.83. The van der Waals surface area contributed by atoms with Gasteiger partial charge < -0.3 is 20.6 Å². The molecule has 9 nitrogen and oxygen atoms in total. The lowest BCUT2D eigenvalue weighted by Gasteiger charge is -2.22. The highest BCUT2D eigenvalue weighted by atomic mass is 32.2. The molecule has 2 rings (SSSR count). The summed E-state index contributed by atoms with van der Waals surface area (Å²) >= 11 is 1.36. The summed E-state index contributed by atoms with van der Waals surface area (Å²) < 4.78 is 27.5. The number of hydrogen-bond donors (Lipinski definition) is 3. The zero-order chi connectivity index (χ0) is 28.6. The van der Waals surface area contributed by atoms with E-state index < -0.39 is 51.7 Å². The number of likely N-dealkylation sites (N-methyl/N-ethyl adjacent to an activating group) is 1. The number of aromatic hydroxyl groups is 1. The van der Waals surface area contributed by atoms with Crippen molar-refractivity contribution in [3.8, 4) is 16.9 Å². The molecule has 0 radical (unpaired) electrons. The number of benzene rings is 2. The number of hydrogen-bond acceptors (Lipinski definition) is 8. The smallest absolute Gasteiger partial charge is 0.245 e. The Bertz CT molecular complexity index is 1240. The van der Waals surface area contributed by atoms with Gasteiger partial charge in [-0.1, -0.05) is 29.6 Å². The van der Waals surface area contributed by atoms with Gasteiger partial charge in [0.25, 0.3) is 0 Å². The third-order valence-corrected chi connectivity index (χ3v) is 7.06. The number of phenols is 1. The van der Waals surface area contributed by atoms with Crippen molar-refractivity contribution < 1.29 is 37.9 Å². The van der Waals surface area contributed by atoms with Crippen LogP contribution in [-0.2, 0) is 19.2 Å². The first kappa shape index (κ1) is 30.8. The van der Waals surface area contributed by atoms with Crippen molar-refractivity contribution in [2.75, 3.05) is 25.6 Å². The first-order valence-electron chi connectivity index (χ1n) is 11.2. The Morgan fingerprint density at radius 2 is 1.50 bits per heavy atom. The molecule has 204 valence electrons. The zero-order valence-electron chi connectivity index (χ0n) is 21.0. The predicted octanol–water partition coefficient (Wildman–Crippen LogP) is 2.57. The Hall–Kier alpha value is -3.45. The lowest BCUT2D eigenvalue weighted by atomic mass is 10.0. The molecule has 0 heterocycles. The number of thioether (sulfide) groups is 2. The third-order valence-electron chi connectivity index (χ3n) is 5.01. The highest BCUT2D eigenvalue weighted by molar-refractivity contribution is 8.15. The highest BCUT2D eigenvalue weighted by Gasteiger charge is 2.27. The molecule has 38 heavy (non-hydrogen) atoms. The second-order valence-corrected chi connectivity index (χ2v) is 10.3. The third kappa shape index (κ3) is 8.84. The summed E-state index contributed by atoms with van der Waals surface area (Å²) in [6.07, 6.45) is 0. The van der Waals surface area contributed by atoms with E-state index in [0.29, 0.717) is 29.6 Å². The van der Waals surface area contributed by atoms with Gasteiger partial charge in [0, 0.05) is 51.1 Å². The number of nitrogens with zero attached hydrogens (tertiary/aromatic N) is 1. The highest BCUT2D eigenvalue weighted by Crippen LogP contribution is 2.31. The first-order valence-corrected chi connectivity index (χ1v) is 13.1. The minimum Gasteiger partial charge on any atom is -0.507 e. The second-order valence-electron chi connectivity index (χ2n) is 8.32. The molecule has 0 saturated carbocycles. The van der Waals surface area contributed by atoms with Gasteiger partial charge in [0.15, 0.2) is 0 Å². The van der Waals surface area contributed by atoms with Crippen molar-refractivity contribution in [3.63, 3.8) is 0 Å². The fourth-order valence-electron chi connectivity index (χ4n) is 3.24. The largest absolute Gasteiger partial charge is 0.507 e. The quantitative estimate of drug-likeness (QED) is 0.399. The molecule has 2 atom stereocenters. The molecule has 0 spiro atoms. The molecule has 0 aliphatic heterocycles. The standard InChI is InChI=1S/C25H27F2N3O6S2/c1-13(31)28-20(23(34)30(3)4)11-38-25(36)21(29-14(2)32)12-37-24(35)18-9-15(5-8-22(18)33)17-7-6-16(26)10-19(17)27/h5-10,20-21,33H,11-12H2,1-4H3,(H,28,31)(H,29,32)/t20-,21-/m0/s1. The van der Waals surface area contributed by atoms with Crippen LogP contribution in [0.1, 0.15) is 24.2 Å². The summed E-state index contributed by atoms with van der Waals surface area (Å²) in [5.41, 5.74) is 0.0817. The lowest BCUT2D eigenvalue weighted by molar-refractivity contribution is -0.133. The SMILES string of the molecule is CC(=O)N[C@@H](CSC(=O)c1cc(-c2ccc(F)cc2F)ccc1O)C(=O)SC[C@H](NC(C)=O)C(=O)N(C)C. The lowest BCUT2D eigenvalue weighted by Crippen LogP contribution is -2.48. The van der Waals surface area contributed by atoms with E-state index in [1.54, 1.807) is 0 Å². The predicted molar refractivity (Wildman–Crippen MR) is 142 cm³/mol. The summed E-state index contributed by atoms with van der Waals surface area (Å²) in [7, 11) is 3.00. The summed E-state index contributed by atoms with van der Waals surface area (Å²) in [6.45, 7) is 2.43. The second kappa shape index (κ2) is 13.9. The van der Waals surface area contributed by atoms with Gasteiger partial charge in [-0.15, -0.1) is 0 Å². The van der Waals surface area contributed by atoms with Crippen molar-refractivity contribution in [2.24, 2.45) is 0 Å². The maximum absolute atomic E-state index is 14.2. The van der Waals surface area contributed by atoms with E-state index in [2.05, 4.69) is 10.6 Å². The molecule has 0 bridgehead atoms. The normalized spacial score (nSPS) is 12.3. The number of nitrogens with one attached hydrogen (secondary N) is 2. The van der Waals surface area contributed by atoms with E-state index in [-0.39, 0.29) is 33.9 Å². The summed E-state index contributed by atoms with van der Waals surface area (Å²) in [4.78, 5) is 62.4. The topological polar surface area (TPSA) is 133 Å². The van der Waals surface area contributed by atoms with Crippen molar-refractivity contribution in [1.29, 1.82) is 0 Å².